The Labute approximate surface area is 447 Å². The van der Waals surface area contributed by atoms with E-state index in [4.69, 9.17) is 22.9 Å². The molecule has 0 saturated carbocycles. The average Bonchev–Trinajstić information content (AvgIpc) is 3.37. The first-order chi connectivity index (χ1) is 36.6. The molecule has 2 unspecified atom stereocenters. The number of aliphatic hydroxyl groups is 2. The van der Waals surface area contributed by atoms with Crippen LogP contribution in [0.15, 0.2) is 54.9 Å². The van der Waals surface area contributed by atoms with Crippen LogP contribution in [0.2, 0.25) is 0 Å². The summed E-state index contributed by atoms with van der Waals surface area (Å²) < 4.78 is 0. The molecule has 2 aromatic rings. The first kappa shape index (κ1) is 64.1. The van der Waals surface area contributed by atoms with Crippen LogP contribution in [0.5, 0.6) is 0 Å². The van der Waals surface area contributed by atoms with Gasteiger partial charge in [0.15, 0.2) is 0 Å². The summed E-state index contributed by atoms with van der Waals surface area (Å²) in [5, 5.41) is 46.7. The summed E-state index contributed by atoms with van der Waals surface area (Å²) in [6.45, 7) is 4.99. The minimum atomic E-state index is -1.67. The molecule has 0 radical (unpaired) electrons. The van der Waals surface area contributed by atoms with Crippen LogP contribution >= 0.6 is 0 Å². The van der Waals surface area contributed by atoms with E-state index in [1.165, 1.54) is 26.2 Å². The lowest BCUT2D eigenvalue weighted by atomic mass is 10.00. The summed E-state index contributed by atoms with van der Waals surface area (Å²) in [6, 6.07) is -1.42. The number of pyridine rings is 1. The molecule has 11 atom stereocenters. The molecule has 2 heterocycles. The second-order valence-corrected chi connectivity index (χ2v) is 19.2. The number of amides is 10. The number of rotatable bonds is 21. The monoisotopic (exact) mass is 1080 g/mol. The Kier molecular flexibility index (Phi) is 27.6. The maximum Gasteiger partial charge on any atom is 0.245 e. The second kappa shape index (κ2) is 33.1. The first-order valence-corrected chi connectivity index (χ1v) is 25.7. The normalized spacial score (nSPS) is 23.2. The zero-order valence-corrected chi connectivity index (χ0v) is 44.1. The van der Waals surface area contributed by atoms with Gasteiger partial charge in [0, 0.05) is 25.4 Å². The summed E-state index contributed by atoms with van der Waals surface area (Å²) in [5.41, 5.74) is 24.6. The molecule has 77 heavy (non-hydrogen) atoms. The maximum absolute atomic E-state index is 14.4. The number of nitrogens with one attached hydrogen (secondary N) is 10. The highest BCUT2D eigenvalue weighted by Gasteiger charge is 2.37. The van der Waals surface area contributed by atoms with E-state index < -0.39 is 139 Å². The van der Waals surface area contributed by atoms with Crippen molar-refractivity contribution in [3.8, 4) is 0 Å². The molecule has 0 aliphatic carbocycles. The van der Waals surface area contributed by atoms with Crippen LogP contribution < -0.4 is 76.1 Å². The highest BCUT2D eigenvalue weighted by atomic mass is 16.3. The van der Waals surface area contributed by atoms with Crippen molar-refractivity contribution in [2.45, 2.75) is 146 Å². The van der Waals surface area contributed by atoms with Gasteiger partial charge in [0.25, 0.3) is 0 Å². The molecule has 20 N–H and O–H groups in total. The van der Waals surface area contributed by atoms with E-state index in [9.17, 15) is 58.2 Å². The quantitative estimate of drug-likeness (QED) is 0.0553. The summed E-state index contributed by atoms with van der Waals surface area (Å²) in [6.07, 6.45) is -1.45. The lowest BCUT2D eigenvalue weighted by molar-refractivity contribution is -0.136. The van der Waals surface area contributed by atoms with Gasteiger partial charge in [0.1, 0.15) is 54.4 Å². The molecule has 1 fully saturated rings. The number of hydrogen-bond donors (Lipinski definition) is 16. The van der Waals surface area contributed by atoms with E-state index >= 15 is 0 Å². The van der Waals surface area contributed by atoms with Crippen LogP contribution in [0.4, 0.5) is 0 Å². The third-order valence-corrected chi connectivity index (χ3v) is 12.2. The van der Waals surface area contributed by atoms with Gasteiger partial charge in [-0.2, -0.15) is 0 Å². The second-order valence-electron chi connectivity index (χ2n) is 19.2. The fourth-order valence-electron chi connectivity index (χ4n) is 8.09. The van der Waals surface area contributed by atoms with E-state index in [0.29, 0.717) is 11.1 Å². The van der Waals surface area contributed by atoms with Gasteiger partial charge in [0.05, 0.1) is 18.6 Å². The van der Waals surface area contributed by atoms with Crippen molar-refractivity contribution in [2.75, 3.05) is 32.7 Å². The van der Waals surface area contributed by atoms with E-state index in [0.717, 1.165) is 0 Å². The molecule has 0 spiro atoms. The van der Waals surface area contributed by atoms with Gasteiger partial charge < -0.3 is 86.3 Å². The van der Waals surface area contributed by atoms with E-state index in [2.05, 4.69) is 58.2 Å². The molecule has 10 amide bonds. The summed E-state index contributed by atoms with van der Waals surface area (Å²) in [4.78, 5) is 143. The first-order valence-electron chi connectivity index (χ1n) is 25.7. The topological polar surface area (TPSA) is 448 Å². The van der Waals surface area contributed by atoms with Gasteiger partial charge in [-0.15, -0.1) is 0 Å². The Hall–Kier alpha value is -7.17. The molecular formula is C50H79N15O12. The fraction of sp³-hybridized carbons (Fsp3) is 0.580. The van der Waals surface area contributed by atoms with Gasteiger partial charge in [-0.05, 0) is 102 Å². The number of carbonyl (C=O) groups excluding carboxylic acids is 10. The number of nitrogens with zero attached hydrogens (tertiary/aromatic N) is 1. The van der Waals surface area contributed by atoms with Crippen LogP contribution in [0, 0.1) is 5.92 Å². The highest BCUT2D eigenvalue weighted by Crippen LogP contribution is 2.11. The van der Waals surface area contributed by atoms with Crippen LogP contribution in [0.25, 0.3) is 0 Å². The number of benzene rings is 1. The van der Waals surface area contributed by atoms with Gasteiger partial charge in [-0.25, -0.2) is 0 Å². The predicted octanol–water partition coefficient (Wildman–Crippen LogP) is -6.05. The lowest BCUT2D eigenvalue weighted by Crippen LogP contribution is -2.61. The van der Waals surface area contributed by atoms with Crippen LogP contribution in [-0.2, 0) is 60.8 Å². The third kappa shape index (κ3) is 21.8. The van der Waals surface area contributed by atoms with Crippen molar-refractivity contribution < 1.29 is 58.2 Å². The number of nitrogens with two attached hydrogens (primary N) is 4. The van der Waals surface area contributed by atoms with E-state index in [1.807, 2.05) is 0 Å². The Morgan fingerprint density at radius 1 is 0.623 bits per heavy atom. The largest absolute Gasteiger partial charge is 0.391 e. The predicted molar refractivity (Wildman–Crippen MR) is 281 cm³/mol. The zero-order valence-electron chi connectivity index (χ0n) is 44.1. The molecule has 27 heteroatoms. The van der Waals surface area contributed by atoms with Gasteiger partial charge >= 0.3 is 0 Å². The minimum Gasteiger partial charge on any atom is -0.391 e. The molecule has 1 saturated heterocycles. The maximum atomic E-state index is 14.4. The molecule has 27 nitrogen and oxygen atoms in total. The number of aromatic nitrogens is 1. The Morgan fingerprint density at radius 3 is 1.66 bits per heavy atom. The molecular weight excluding hydrogens is 1000 g/mol. The molecule has 0 bridgehead atoms. The number of carbonyl (C=O) groups is 10. The molecule has 1 aromatic carbocycles. The van der Waals surface area contributed by atoms with Crippen molar-refractivity contribution >= 4 is 59.1 Å². The zero-order chi connectivity index (χ0) is 57.2. The van der Waals surface area contributed by atoms with Crippen molar-refractivity contribution in [3.63, 3.8) is 0 Å². The van der Waals surface area contributed by atoms with Crippen molar-refractivity contribution in [1.29, 1.82) is 0 Å². The van der Waals surface area contributed by atoms with Gasteiger partial charge in [-0.1, -0.05) is 50.2 Å². The lowest BCUT2D eigenvalue weighted by Gasteiger charge is -2.28. The Bertz CT molecular complexity index is 2280. The van der Waals surface area contributed by atoms with Gasteiger partial charge in [-0.3, -0.25) is 52.9 Å². The van der Waals surface area contributed by atoms with Crippen LogP contribution in [0.1, 0.15) is 77.3 Å². The molecule has 1 aliphatic rings. The summed E-state index contributed by atoms with van der Waals surface area (Å²) >= 11 is 0. The standard InChI is InChI=1S/C50H79N15O12/c1-27(2)23-37-47(74)59-32(12-17-51)42(69)58-35(15-20-54)46(73)65-40(28(3)66)49(76)56-22-16-36(45(72)57-33(13-18-52)44(71)63-38(48(75)62-37)24-30-9-6-5-7-10-30)60-43(70)34(14-19-53)61-50(77)41(29(4)67)64-39(68)25-31-11-8-21-55-26-31/h5-11,21,26-29,32-38,40-41,66-67H,12-20,22-25,51-54H2,1-4H3,(H,56,76)(H,57,72)(H,58,69)(H,59,74)(H,60,70)(H,61,77)(H,62,75)(H,63,71)(H,64,68)(H,65,73)/t28?,29?,32-,33-,34-,35-,36-,37-,38+,40-,41-/m0/s1. The Balaban J connectivity index is 2.10. The number of hydrogen-bond acceptors (Lipinski definition) is 17. The molecule has 426 valence electrons. The van der Waals surface area contributed by atoms with Crippen LogP contribution in [-0.4, -0.2) is 174 Å². The van der Waals surface area contributed by atoms with Crippen molar-refractivity contribution in [1.82, 2.24) is 58.2 Å². The fourth-order valence-corrected chi connectivity index (χ4v) is 8.09. The smallest absolute Gasteiger partial charge is 0.245 e. The molecule has 3 rings (SSSR count). The van der Waals surface area contributed by atoms with Crippen LogP contribution in [0.3, 0.4) is 0 Å². The third-order valence-electron chi connectivity index (χ3n) is 12.2. The van der Waals surface area contributed by atoms with E-state index in [-0.39, 0.29) is 77.0 Å². The SMILES string of the molecule is CC(C)C[C@@H]1NC(=O)[C@@H](Cc2ccccc2)NC(=O)[C@H](CCN)NC(=O)[C@@H](NC(=O)[C@H](CCN)NC(=O)[C@@H](NC(=O)Cc2cccnc2)C(C)O)CCNC(=O)[C@H](C(C)O)NC(=O)[C@H](CCN)NC(=O)[C@H](CCN)NC1=O. The Morgan fingerprint density at radius 2 is 1.14 bits per heavy atom. The van der Waals surface area contributed by atoms with E-state index in [1.54, 1.807) is 56.3 Å². The molecule has 1 aromatic heterocycles. The van der Waals surface area contributed by atoms with Gasteiger partial charge in [0.2, 0.25) is 59.1 Å². The number of aliphatic hydroxyl groups excluding tert-OH is 2. The molecule has 1 aliphatic heterocycles. The summed E-state index contributed by atoms with van der Waals surface area (Å²) in [5.74, 6) is -9.10. The average molecular weight is 1080 g/mol. The summed E-state index contributed by atoms with van der Waals surface area (Å²) in [7, 11) is 0. The van der Waals surface area contributed by atoms with Crippen molar-refractivity contribution in [2.24, 2.45) is 28.9 Å². The van der Waals surface area contributed by atoms with Crippen molar-refractivity contribution in [3.05, 3.63) is 66.0 Å². The minimum absolute atomic E-state index is 0.0564. The highest BCUT2D eigenvalue weighted by molar-refractivity contribution is 5.99.